The minimum Gasteiger partial charge on any atom is -0.379 e. The predicted molar refractivity (Wildman–Crippen MR) is 57.9 cm³/mol. The highest BCUT2D eigenvalue weighted by atomic mass is 16.5. The van der Waals surface area contributed by atoms with E-state index in [4.69, 9.17) is 20.9 Å². The second-order valence-electron chi connectivity index (χ2n) is 4.41. The van der Waals surface area contributed by atoms with E-state index in [0.29, 0.717) is 19.6 Å². The lowest BCUT2D eigenvalue weighted by Gasteiger charge is -2.28. The van der Waals surface area contributed by atoms with Gasteiger partial charge in [0.2, 0.25) is 0 Å². The molecule has 0 aliphatic heterocycles. The molecule has 4 nitrogen and oxygen atoms in total. The molecule has 0 saturated carbocycles. The van der Waals surface area contributed by atoms with E-state index in [2.05, 4.69) is 0 Å². The molecule has 0 aromatic carbocycles. The summed E-state index contributed by atoms with van der Waals surface area (Å²) in [6.45, 7) is 7.02. The van der Waals surface area contributed by atoms with Crippen molar-refractivity contribution >= 4 is 0 Å². The van der Waals surface area contributed by atoms with Gasteiger partial charge in [-0.05, 0) is 33.7 Å². The Morgan fingerprint density at radius 3 is 2.14 bits per heavy atom. The summed E-state index contributed by atoms with van der Waals surface area (Å²) in [5.74, 6) is 0. The molecule has 4 heteroatoms. The fourth-order valence-electron chi connectivity index (χ4n) is 0.991. The van der Waals surface area contributed by atoms with Gasteiger partial charge in [0, 0.05) is 13.5 Å². The monoisotopic (exact) mass is 204 g/mol. The maximum Gasteiger partial charge on any atom is 0.115 e. The van der Waals surface area contributed by atoms with Gasteiger partial charge in [0.25, 0.3) is 0 Å². The Labute approximate surface area is 86.9 Å². The maximum atomic E-state index is 5.86. The van der Waals surface area contributed by atoms with E-state index in [0.717, 1.165) is 6.42 Å². The fourth-order valence-corrected chi connectivity index (χ4v) is 0.991. The molecular weight excluding hydrogens is 180 g/mol. The van der Waals surface area contributed by atoms with Crippen molar-refractivity contribution in [2.75, 3.05) is 20.3 Å². The van der Waals surface area contributed by atoms with Crippen molar-refractivity contribution in [3.8, 4) is 0 Å². The Hall–Kier alpha value is -0.160. The molecule has 0 spiro atoms. The number of methoxy groups -OCH3 is 1. The van der Waals surface area contributed by atoms with Crippen LogP contribution in [0.25, 0.3) is 0 Å². The van der Waals surface area contributed by atoms with Gasteiger partial charge in [-0.15, -0.1) is 0 Å². The number of rotatable bonds is 7. The number of nitrogens with two attached hydrogens (primary N) is 2. The Kier molecular flexibility index (Phi) is 5.59. The van der Waals surface area contributed by atoms with E-state index < -0.39 is 5.72 Å². The summed E-state index contributed by atoms with van der Waals surface area (Å²) < 4.78 is 10.8. The molecule has 86 valence electrons. The lowest BCUT2D eigenvalue weighted by Crippen LogP contribution is -2.42. The first kappa shape index (κ1) is 13.8. The third-order valence-corrected chi connectivity index (χ3v) is 2.33. The van der Waals surface area contributed by atoms with Crippen LogP contribution >= 0.6 is 0 Å². The molecule has 0 saturated heterocycles. The first-order valence-corrected chi connectivity index (χ1v) is 5.01. The second-order valence-corrected chi connectivity index (χ2v) is 4.41. The molecule has 0 radical (unpaired) electrons. The first-order valence-electron chi connectivity index (χ1n) is 5.01. The summed E-state index contributed by atoms with van der Waals surface area (Å²) in [4.78, 5) is 0. The van der Waals surface area contributed by atoms with Crippen LogP contribution < -0.4 is 11.5 Å². The minimum absolute atomic E-state index is 0.154. The average Bonchev–Trinajstić information content (AvgIpc) is 2.03. The minimum atomic E-state index is -0.613. The van der Waals surface area contributed by atoms with Gasteiger partial charge >= 0.3 is 0 Å². The van der Waals surface area contributed by atoms with E-state index in [9.17, 15) is 0 Å². The molecule has 1 unspecified atom stereocenters. The molecule has 0 heterocycles. The van der Waals surface area contributed by atoms with Crippen LogP contribution in [0.15, 0.2) is 0 Å². The van der Waals surface area contributed by atoms with Gasteiger partial charge in [-0.1, -0.05) is 0 Å². The fraction of sp³-hybridized carbons (Fsp3) is 1.00. The molecule has 0 bridgehead atoms. The molecule has 0 fully saturated rings. The van der Waals surface area contributed by atoms with Crippen LogP contribution in [0.4, 0.5) is 0 Å². The zero-order valence-corrected chi connectivity index (χ0v) is 9.80. The molecule has 0 aliphatic rings. The van der Waals surface area contributed by atoms with Crippen molar-refractivity contribution in [3.05, 3.63) is 0 Å². The lowest BCUT2D eigenvalue weighted by molar-refractivity contribution is -0.0658. The van der Waals surface area contributed by atoms with Gasteiger partial charge < -0.3 is 20.9 Å². The van der Waals surface area contributed by atoms with Crippen molar-refractivity contribution in [3.63, 3.8) is 0 Å². The number of hydrogen-bond acceptors (Lipinski definition) is 4. The summed E-state index contributed by atoms with van der Waals surface area (Å²) in [7, 11) is 1.70. The third kappa shape index (κ3) is 6.32. The van der Waals surface area contributed by atoms with Gasteiger partial charge in [-0.2, -0.15) is 0 Å². The molecule has 0 amide bonds. The van der Waals surface area contributed by atoms with Crippen molar-refractivity contribution in [1.29, 1.82) is 0 Å². The van der Waals surface area contributed by atoms with Crippen LogP contribution in [0.5, 0.6) is 0 Å². The Balaban J connectivity index is 3.73. The van der Waals surface area contributed by atoms with E-state index in [1.807, 2.05) is 20.8 Å². The summed E-state index contributed by atoms with van der Waals surface area (Å²) >= 11 is 0. The molecule has 0 aromatic heterocycles. The van der Waals surface area contributed by atoms with Crippen LogP contribution in [0.2, 0.25) is 0 Å². The zero-order chi connectivity index (χ0) is 11.2. The first-order chi connectivity index (χ1) is 6.33. The van der Waals surface area contributed by atoms with E-state index in [1.165, 1.54) is 0 Å². The molecule has 1 atom stereocenters. The van der Waals surface area contributed by atoms with Crippen molar-refractivity contribution < 1.29 is 9.47 Å². The van der Waals surface area contributed by atoms with E-state index >= 15 is 0 Å². The van der Waals surface area contributed by atoms with Crippen LogP contribution in [-0.2, 0) is 9.47 Å². The standard InChI is InChI=1S/C10H24N2O2/c1-9(2,13-4)6-8-14-10(3,12)5-7-11/h5-8,11-12H2,1-4H3. The normalized spacial score (nSPS) is 16.7. The lowest BCUT2D eigenvalue weighted by atomic mass is 10.1. The van der Waals surface area contributed by atoms with Crippen molar-refractivity contribution in [1.82, 2.24) is 0 Å². The summed E-state index contributed by atoms with van der Waals surface area (Å²) in [6.07, 6.45) is 1.49. The highest BCUT2D eigenvalue weighted by Crippen LogP contribution is 2.15. The molecule has 0 aliphatic carbocycles. The topological polar surface area (TPSA) is 70.5 Å². The highest BCUT2D eigenvalue weighted by Gasteiger charge is 2.21. The number of ether oxygens (including phenoxy) is 2. The Bertz CT molecular complexity index is 158. The van der Waals surface area contributed by atoms with Gasteiger partial charge in [0.15, 0.2) is 0 Å². The van der Waals surface area contributed by atoms with Gasteiger partial charge in [-0.3, -0.25) is 0 Å². The average molecular weight is 204 g/mol. The second kappa shape index (κ2) is 5.66. The summed E-state index contributed by atoms with van der Waals surface area (Å²) in [5, 5.41) is 0. The molecular formula is C10H24N2O2. The highest BCUT2D eigenvalue weighted by molar-refractivity contribution is 4.70. The van der Waals surface area contributed by atoms with Gasteiger partial charge in [-0.25, -0.2) is 0 Å². The summed E-state index contributed by atoms with van der Waals surface area (Å²) in [6, 6.07) is 0. The molecule has 0 rings (SSSR count). The largest absolute Gasteiger partial charge is 0.379 e. The third-order valence-electron chi connectivity index (χ3n) is 2.33. The molecule has 0 aromatic rings. The van der Waals surface area contributed by atoms with Gasteiger partial charge in [0.05, 0.1) is 12.2 Å². The SMILES string of the molecule is COC(C)(C)CCOC(C)(N)CCN. The van der Waals surface area contributed by atoms with E-state index in [1.54, 1.807) is 7.11 Å². The zero-order valence-electron chi connectivity index (χ0n) is 9.80. The van der Waals surface area contributed by atoms with Crippen LogP contribution in [0.1, 0.15) is 33.6 Å². The smallest absolute Gasteiger partial charge is 0.115 e. The van der Waals surface area contributed by atoms with Crippen molar-refractivity contribution in [2.24, 2.45) is 11.5 Å². The predicted octanol–water partition coefficient (Wildman–Crippen LogP) is 0.842. The van der Waals surface area contributed by atoms with Crippen LogP contribution in [-0.4, -0.2) is 31.6 Å². The molecule has 14 heavy (non-hydrogen) atoms. The van der Waals surface area contributed by atoms with E-state index in [-0.39, 0.29) is 5.60 Å². The number of hydrogen-bond donors (Lipinski definition) is 2. The van der Waals surface area contributed by atoms with Crippen LogP contribution in [0.3, 0.4) is 0 Å². The quantitative estimate of drug-likeness (QED) is 0.603. The van der Waals surface area contributed by atoms with Crippen LogP contribution in [0, 0.1) is 0 Å². The van der Waals surface area contributed by atoms with Crippen molar-refractivity contribution in [2.45, 2.75) is 44.9 Å². The molecule has 4 N–H and O–H groups in total. The Morgan fingerprint density at radius 1 is 1.14 bits per heavy atom. The maximum absolute atomic E-state index is 5.86. The summed E-state index contributed by atoms with van der Waals surface area (Å²) in [5.41, 5.74) is 10.5. The van der Waals surface area contributed by atoms with Gasteiger partial charge in [0.1, 0.15) is 5.72 Å². The Morgan fingerprint density at radius 2 is 1.71 bits per heavy atom.